The fourth-order valence-corrected chi connectivity index (χ4v) is 4.66. The molecular formula is C26H25ClFN7. The molecule has 1 aliphatic heterocycles. The fraction of sp³-hybridized carbons (Fsp3) is 0.308. The summed E-state index contributed by atoms with van der Waals surface area (Å²) in [4.78, 5) is 4.43. The lowest BCUT2D eigenvalue weighted by atomic mass is 9.92. The number of pyridine rings is 1. The summed E-state index contributed by atoms with van der Waals surface area (Å²) in [5.41, 5.74) is 9.66. The van der Waals surface area contributed by atoms with E-state index in [4.69, 9.17) is 11.6 Å². The van der Waals surface area contributed by atoms with Crippen LogP contribution in [0, 0.1) is 17.1 Å². The van der Waals surface area contributed by atoms with Gasteiger partial charge in [0.1, 0.15) is 11.9 Å². The molecule has 2 fully saturated rings. The molecule has 0 saturated heterocycles. The van der Waals surface area contributed by atoms with Crippen LogP contribution in [0.1, 0.15) is 50.6 Å². The number of nitriles is 1. The van der Waals surface area contributed by atoms with E-state index in [9.17, 15) is 11.0 Å². The van der Waals surface area contributed by atoms with Crippen molar-refractivity contribution in [1.29, 1.82) is 5.26 Å². The maximum Gasteiger partial charge on any atom is 0.123 e. The van der Waals surface area contributed by atoms with Crippen LogP contribution in [0.15, 0.2) is 54.5 Å². The molecule has 3 aliphatic rings. The van der Waals surface area contributed by atoms with Crippen LogP contribution < -0.4 is 21.6 Å². The van der Waals surface area contributed by atoms with Crippen LogP contribution in [-0.2, 0) is 0 Å². The van der Waals surface area contributed by atoms with Gasteiger partial charge < -0.3 is 16.1 Å². The first-order valence-electron chi connectivity index (χ1n) is 12.3. The minimum absolute atomic E-state index is 0.305. The molecule has 9 heteroatoms. The normalized spacial score (nSPS) is 19.7. The van der Waals surface area contributed by atoms with E-state index in [1.54, 1.807) is 24.4 Å². The van der Waals surface area contributed by atoms with Crippen LogP contribution in [0.25, 0.3) is 10.9 Å². The number of fused-ring (bicyclic) bond motifs is 1. The Morgan fingerprint density at radius 2 is 2.03 bits per heavy atom. The van der Waals surface area contributed by atoms with Crippen LogP contribution in [-0.4, -0.2) is 22.1 Å². The molecule has 0 amide bonds. The molecule has 2 aromatic carbocycles. The first-order valence-corrected chi connectivity index (χ1v) is 12.2. The lowest BCUT2D eigenvalue weighted by Crippen LogP contribution is -2.38. The van der Waals surface area contributed by atoms with E-state index < -0.39 is 6.02 Å². The van der Waals surface area contributed by atoms with Gasteiger partial charge in [-0.25, -0.2) is 4.39 Å². The molecule has 1 aromatic heterocycles. The van der Waals surface area contributed by atoms with Gasteiger partial charge in [-0.15, -0.1) is 5.53 Å². The SMILES string of the molecule is [2H][C@](Nc1cc(Cl)c2ncc(C#N)c(NC3CCC3)c2c1)(C1=CN(C2CC2)NN1)c1ccc(F)cc1. The number of hydrazine groups is 2. The zero-order valence-electron chi connectivity index (χ0n) is 19.9. The van der Waals surface area contributed by atoms with E-state index in [2.05, 4.69) is 32.6 Å². The third-order valence-corrected chi connectivity index (χ3v) is 6.99. The van der Waals surface area contributed by atoms with Gasteiger partial charge >= 0.3 is 0 Å². The predicted octanol–water partition coefficient (Wildman–Crippen LogP) is 5.35. The third-order valence-electron chi connectivity index (χ3n) is 6.70. The Morgan fingerprint density at radius 1 is 1.23 bits per heavy atom. The van der Waals surface area contributed by atoms with E-state index in [1.165, 1.54) is 12.1 Å². The minimum atomic E-state index is -1.48. The van der Waals surface area contributed by atoms with Gasteiger partial charge in [-0.1, -0.05) is 23.7 Å². The minimum Gasteiger partial charge on any atom is -0.381 e. The average molecular weight is 491 g/mol. The molecule has 0 spiro atoms. The first-order chi connectivity index (χ1) is 17.4. The molecular weight excluding hydrogens is 465 g/mol. The number of anilines is 2. The van der Waals surface area contributed by atoms with E-state index in [0.29, 0.717) is 56.2 Å². The van der Waals surface area contributed by atoms with Crippen LogP contribution in [0.5, 0.6) is 0 Å². The van der Waals surface area contributed by atoms with Gasteiger partial charge in [0, 0.05) is 35.6 Å². The van der Waals surface area contributed by atoms with E-state index >= 15 is 0 Å². The second-order valence-electron chi connectivity index (χ2n) is 9.21. The average Bonchev–Trinajstić information content (AvgIpc) is 3.57. The summed E-state index contributed by atoms with van der Waals surface area (Å²) in [6.45, 7) is 0. The number of halogens is 2. The molecule has 7 nitrogen and oxygen atoms in total. The summed E-state index contributed by atoms with van der Waals surface area (Å²) in [6.07, 6.45) is 8.83. The second kappa shape index (κ2) is 8.91. The van der Waals surface area contributed by atoms with Crippen LogP contribution in [0.2, 0.25) is 5.02 Å². The van der Waals surface area contributed by atoms with Crippen molar-refractivity contribution in [3.8, 4) is 6.07 Å². The number of nitrogens with zero attached hydrogens (tertiary/aromatic N) is 3. The third kappa shape index (κ3) is 4.33. The van der Waals surface area contributed by atoms with Gasteiger partial charge in [0.25, 0.3) is 0 Å². The zero-order chi connectivity index (χ0) is 24.9. The van der Waals surface area contributed by atoms with Crippen LogP contribution in [0.4, 0.5) is 15.8 Å². The summed E-state index contributed by atoms with van der Waals surface area (Å²) in [5, 5.41) is 19.6. The maximum absolute atomic E-state index is 13.7. The predicted molar refractivity (Wildman–Crippen MR) is 135 cm³/mol. The highest BCUT2D eigenvalue weighted by Crippen LogP contribution is 2.37. The molecule has 0 bridgehead atoms. The number of nitrogens with one attached hydrogen (secondary N) is 4. The van der Waals surface area contributed by atoms with Gasteiger partial charge in [-0.05, 0) is 61.9 Å². The highest BCUT2D eigenvalue weighted by molar-refractivity contribution is 6.35. The van der Waals surface area contributed by atoms with Crippen molar-refractivity contribution < 1.29 is 5.76 Å². The van der Waals surface area contributed by atoms with E-state index in [1.807, 2.05) is 17.3 Å². The number of hydrogen-bond acceptors (Lipinski definition) is 7. The number of aromatic nitrogens is 1. The fourth-order valence-electron chi connectivity index (χ4n) is 4.39. The smallest absolute Gasteiger partial charge is 0.123 e. The first kappa shape index (κ1) is 20.8. The molecule has 35 heavy (non-hydrogen) atoms. The lowest BCUT2D eigenvalue weighted by Gasteiger charge is -2.28. The summed E-state index contributed by atoms with van der Waals surface area (Å²) >= 11 is 6.67. The highest BCUT2D eigenvalue weighted by atomic mass is 35.5. The quantitative estimate of drug-likeness (QED) is 0.355. The lowest BCUT2D eigenvalue weighted by molar-refractivity contribution is 0.260. The monoisotopic (exact) mass is 490 g/mol. The van der Waals surface area contributed by atoms with Crippen molar-refractivity contribution in [1.82, 2.24) is 21.0 Å². The summed E-state index contributed by atoms with van der Waals surface area (Å²) in [7, 11) is 0. The molecule has 178 valence electrons. The van der Waals surface area contributed by atoms with Crippen molar-refractivity contribution in [3.63, 3.8) is 0 Å². The molecule has 0 radical (unpaired) electrons. The van der Waals surface area contributed by atoms with Gasteiger partial charge in [-0.2, -0.15) is 5.26 Å². The van der Waals surface area contributed by atoms with Crippen molar-refractivity contribution in [2.75, 3.05) is 10.6 Å². The number of benzene rings is 2. The standard InChI is InChI=1S/C26H25ClFN7/c27-22-11-19(10-21-24(31-18-2-1-3-18)16(12-29)13-30-26(21)22)32-25(15-4-6-17(28)7-5-15)23-14-35(34-33-23)20-8-9-20/h4-7,10-11,13-14,18,20,25,32-34H,1-3,8-9H2,(H,30,31)/t25-/m1/s1/i25D. The van der Waals surface area contributed by atoms with Gasteiger partial charge in [0.05, 0.1) is 34.9 Å². The van der Waals surface area contributed by atoms with Gasteiger partial charge in [-0.3, -0.25) is 9.99 Å². The Hall–Kier alpha value is -3.54. The molecule has 0 unspecified atom stereocenters. The number of hydrogen-bond donors (Lipinski definition) is 4. The Labute approximate surface area is 209 Å². The van der Waals surface area contributed by atoms with Crippen molar-refractivity contribution in [2.45, 2.75) is 50.2 Å². The molecule has 3 aromatic rings. The summed E-state index contributed by atoms with van der Waals surface area (Å²) in [5.74, 6) is -0.372. The van der Waals surface area contributed by atoms with Crippen molar-refractivity contribution in [3.05, 3.63) is 76.5 Å². The molecule has 6 rings (SSSR count). The molecule has 4 N–H and O–H groups in total. The Kier molecular flexibility index (Phi) is 5.30. The molecule has 2 saturated carbocycles. The Balaban J connectivity index is 1.44. The highest BCUT2D eigenvalue weighted by Gasteiger charge is 2.32. The summed E-state index contributed by atoms with van der Waals surface area (Å²) in [6, 6.07) is 10.9. The molecule has 2 aliphatic carbocycles. The number of rotatable bonds is 7. The second-order valence-corrected chi connectivity index (χ2v) is 9.62. The van der Waals surface area contributed by atoms with Crippen molar-refractivity contribution in [2.24, 2.45) is 0 Å². The molecule has 1 atom stereocenters. The van der Waals surface area contributed by atoms with E-state index in [-0.39, 0.29) is 5.82 Å². The largest absolute Gasteiger partial charge is 0.381 e. The molecule has 2 heterocycles. The van der Waals surface area contributed by atoms with E-state index in [0.717, 1.165) is 32.1 Å². The van der Waals surface area contributed by atoms with Gasteiger partial charge in [0.15, 0.2) is 0 Å². The Bertz CT molecular complexity index is 1400. The summed E-state index contributed by atoms with van der Waals surface area (Å²) < 4.78 is 23.3. The van der Waals surface area contributed by atoms with Crippen LogP contribution >= 0.6 is 11.6 Å². The van der Waals surface area contributed by atoms with Crippen molar-refractivity contribution >= 4 is 33.9 Å². The zero-order valence-corrected chi connectivity index (χ0v) is 19.7. The van der Waals surface area contributed by atoms with Gasteiger partial charge in [0.2, 0.25) is 0 Å². The van der Waals surface area contributed by atoms with Crippen LogP contribution in [0.3, 0.4) is 0 Å². The topological polar surface area (TPSA) is 88.0 Å². The maximum atomic E-state index is 13.7. The Morgan fingerprint density at radius 3 is 2.71 bits per heavy atom.